The zero-order valence-electron chi connectivity index (χ0n) is 20.4. The van der Waals surface area contributed by atoms with Crippen LogP contribution < -0.4 is 5.56 Å². The minimum Gasteiger partial charge on any atom is -0.394 e. The molecule has 1 saturated heterocycles. The van der Waals surface area contributed by atoms with E-state index in [4.69, 9.17) is 21.2 Å². The Morgan fingerprint density at radius 2 is 2.00 bits per heavy atom. The molecule has 2 aliphatic rings. The van der Waals surface area contributed by atoms with Gasteiger partial charge in [0.25, 0.3) is 5.56 Å². The predicted molar refractivity (Wildman–Crippen MR) is 136 cm³/mol. The van der Waals surface area contributed by atoms with Crippen LogP contribution in [0.25, 0.3) is 0 Å². The Balaban J connectivity index is 1.27. The Morgan fingerprint density at radius 3 is 2.70 bits per heavy atom. The van der Waals surface area contributed by atoms with Gasteiger partial charge in [0.15, 0.2) is 11.6 Å². The van der Waals surface area contributed by atoms with Crippen LogP contribution in [-0.2, 0) is 35.4 Å². The molecule has 4 heterocycles. The third-order valence-corrected chi connectivity index (χ3v) is 7.11. The van der Waals surface area contributed by atoms with E-state index >= 15 is 0 Å². The molecular formula is C27H27ClF2N4O3. The number of hydrogen-bond donors (Lipinski definition) is 0. The fraction of sp³-hybridized carbons (Fsp3) is 0.370. The first kappa shape index (κ1) is 25.5. The molecule has 0 saturated carbocycles. The molecule has 0 aliphatic carbocycles. The summed E-state index contributed by atoms with van der Waals surface area (Å²) in [4.78, 5) is 24.3. The third-order valence-electron chi connectivity index (χ3n) is 6.96. The predicted octanol–water partition coefficient (Wildman–Crippen LogP) is 4.09. The number of benzene rings is 1. The summed E-state index contributed by atoms with van der Waals surface area (Å²) in [7, 11) is 1.76. The molecule has 7 nitrogen and oxygen atoms in total. The highest BCUT2D eigenvalue weighted by molar-refractivity contribution is 6.18. The van der Waals surface area contributed by atoms with Crippen molar-refractivity contribution >= 4 is 17.3 Å². The monoisotopic (exact) mass is 528 g/mol. The lowest BCUT2D eigenvalue weighted by Gasteiger charge is -2.39. The first-order valence-corrected chi connectivity index (χ1v) is 12.6. The topological polar surface area (TPSA) is 69.0 Å². The van der Waals surface area contributed by atoms with Crippen LogP contribution in [0.2, 0.25) is 0 Å². The van der Waals surface area contributed by atoms with Crippen molar-refractivity contribution in [3.05, 3.63) is 98.7 Å². The maximum Gasteiger partial charge on any atom is 0.250 e. The van der Waals surface area contributed by atoms with Gasteiger partial charge >= 0.3 is 0 Å². The second kappa shape index (κ2) is 10.7. The molecule has 0 bridgehead atoms. The number of likely N-dealkylation sites (tertiary alicyclic amines) is 1. The van der Waals surface area contributed by atoms with E-state index in [0.717, 1.165) is 54.8 Å². The number of aromatic nitrogens is 2. The fourth-order valence-corrected chi connectivity index (χ4v) is 5.02. The minimum absolute atomic E-state index is 0.0171. The van der Waals surface area contributed by atoms with E-state index in [-0.39, 0.29) is 23.6 Å². The Morgan fingerprint density at radius 1 is 1.19 bits per heavy atom. The summed E-state index contributed by atoms with van der Waals surface area (Å²) in [6.45, 7) is 3.05. The highest BCUT2D eigenvalue weighted by Gasteiger charge is 2.43. The van der Waals surface area contributed by atoms with E-state index in [1.165, 1.54) is 6.07 Å². The molecule has 0 unspecified atom stereocenters. The van der Waals surface area contributed by atoms with Crippen molar-refractivity contribution < 1.29 is 18.4 Å². The SMILES string of the molecule is Cn1cc2c(cc1=O)C1(CCN(Cc3ccc(C(=NOCCCl)c4ccc(F)c(F)c4)nc3)CC1)OC2. The molecule has 37 heavy (non-hydrogen) atoms. The van der Waals surface area contributed by atoms with Gasteiger partial charge in [-0.25, -0.2) is 8.78 Å². The van der Waals surface area contributed by atoms with Gasteiger partial charge in [-0.05, 0) is 48.2 Å². The summed E-state index contributed by atoms with van der Waals surface area (Å²) in [5, 5.41) is 4.07. The van der Waals surface area contributed by atoms with Crippen molar-refractivity contribution in [1.82, 2.24) is 14.5 Å². The standard InChI is InChI=1S/C27H27ClF2N4O3/c1-33-16-20-17-36-27(21(20)13-25(33)35)6-9-34(10-7-27)15-18-2-5-24(31-14-18)26(32-37-11-8-28)19-3-4-22(29)23(30)12-19/h2-5,12-14,16H,6-11,15,17H2,1H3. The van der Waals surface area contributed by atoms with Crippen LogP contribution in [0.3, 0.4) is 0 Å². The van der Waals surface area contributed by atoms with Gasteiger partial charge in [-0.2, -0.15) is 0 Å². The van der Waals surface area contributed by atoms with E-state index < -0.39 is 11.6 Å². The number of pyridine rings is 2. The average molecular weight is 529 g/mol. The number of halogens is 3. The molecule has 1 spiro atoms. The van der Waals surface area contributed by atoms with Crippen molar-refractivity contribution in [3.8, 4) is 0 Å². The molecule has 0 radical (unpaired) electrons. The van der Waals surface area contributed by atoms with Gasteiger partial charge in [0, 0.05) is 56.3 Å². The zero-order chi connectivity index (χ0) is 26.0. The minimum atomic E-state index is -0.976. The quantitative estimate of drug-likeness (QED) is 0.200. The summed E-state index contributed by atoms with van der Waals surface area (Å²) < 4.78 is 35.1. The van der Waals surface area contributed by atoms with Crippen LogP contribution in [0.5, 0.6) is 0 Å². The number of piperidine rings is 1. The largest absolute Gasteiger partial charge is 0.394 e. The van der Waals surface area contributed by atoms with Crippen molar-refractivity contribution in [3.63, 3.8) is 0 Å². The molecular weight excluding hydrogens is 502 g/mol. The Bertz CT molecular complexity index is 1370. The summed E-state index contributed by atoms with van der Waals surface area (Å²) in [5.41, 5.74) is 3.83. The Kier molecular flexibility index (Phi) is 7.37. The fourth-order valence-electron chi connectivity index (χ4n) is 4.96. The van der Waals surface area contributed by atoms with Crippen molar-refractivity contribution in [2.45, 2.75) is 31.6 Å². The lowest BCUT2D eigenvalue weighted by atomic mass is 9.84. The maximum absolute atomic E-state index is 13.9. The van der Waals surface area contributed by atoms with Crippen LogP contribution >= 0.6 is 11.6 Å². The number of oxime groups is 1. The first-order chi connectivity index (χ1) is 17.9. The van der Waals surface area contributed by atoms with Gasteiger partial charge < -0.3 is 14.1 Å². The molecule has 5 rings (SSSR count). The number of nitrogens with zero attached hydrogens (tertiary/aromatic N) is 4. The van der Waals surface area contributed by atoms with Gasteiger partial charge in [-0.3, -0.25) is 14.7 Å². The van der Waals surface area contributed by atoms with E-state index in [1.54, 1.807) is 29.9 Å². The normalized spacial score (nSPS) is 17.2. The molecule has 0 amide bonds. The number of fused-ring (bicyclic) bond motifs is 2. The molecule has 194 valence electrons. The van der Waals surface area contributed by atoms with Crippen molar-refractivity contribution in [2.24, 2.45) is 12.2 Å². The number of ether oxygens (including phenoxy) is 1. The number of alkyl halides is 1. The van der Waals surface area contributed by atoms with Gasteiger partial charge in [-0.1, -0.05) is 11.2 Å². The van der Waals surface area contributed by atoms with Gasteiger partial charge in [-0.15, -0.1) is 11.6 Å². The number of rotatable bonds is 7. The lowest BCUT2D eigenvalue weighted by Crippen LogP contribution is -2.42. The molecule has 10 heteroatoms. The molecule has 2 aromatic heterocycles. The highest BCUT2D eigenvalue weighted by Crippen LogP contribution is 2.43. The second-order valence-corrected chi connectivity index (χ2v) is 9.74. The summed E-state index contributed by atoms with van der Waals surface area (Å²) in [5.74, 6) is -1.67. The Labute approximate surface area is 218 Å². The van der Waals surface area contributed by atoms with Crippen LogP contribution in [0.15, 0.2) is 58.7 Å². The first-order valence-electron chi connectivity index (χ1n) is 12.1. The number of hydrogen-bond acceptors (Lipinski definition) is 6. The molecule has 2 aliphatic heterocycles. The molecule has 1 fully saturated rings. The van der Waals surface area contributed by atoms with Gasteiger partial charge in [0.2, 0.25) is 0 Å². The molecule has 3 aromatic rings. The Hall–Kier alpha value is -3.14. The van der Waals surface area contributed by atoms with Crippen molar-refractivity contribution in [2.75, 3.05) is 25.6 Å². The van der Waals surface area contributed by atoms with Gasteiger partial charge in [0.05, 0.1) is 23.8 Å². The lowest BCUT2D eigenvalue weighted by molar-refractivity contribution is -0.0799. The van der Waals surface area contributed by atoms with E-state index in [1.807, 2.05) is 12.3 Å². The average Bonchev–Trinajstić information content (AvgIpc) is 3.22. The maximum atomic E-state index is 13.9. The third kappa shape index (κ3) is 5.30. The van der Waals surface area contributed by atoms with Gasteiger partial charge in [0.1, 0.15) is 12.3 Å². The summed E-state index contributed by atoms with van der Waals surface area (Å²) in [6.07, 6.45) is 5.25. The summed E-state index contributed by atoms with van der Waals surface area (Å²) in [6, 6.07) is 8.99. The summed E-state index contributed by atoms with van der Waals surface area (Å²) >= 11 is 5.67. The smallest absolute Gasteiger partial charge is 0.250 e. The van der Waals surface area contributed by atoms with E-state index in [0.29, 0.717) is 30.1 Å². The van der Waals surface area contributed by atoms with Crippen LogP contribution in [0.1, 0.15) is 40.8 Å². The number of aryl methyl sites for hydroxylation is 1. The molecule has 1 aromatic carbocycles. The molecule has 0 N–H and O–H groups in total. The van der Waals surface area contributed by atoms with Crippen LogP contribution in [-0.4, -0.2) is 45.7 Å². The van der Waals surface area contributed by atoms with Crippen molar-refractivity contribution in [1.29, 1.82) is 0 Å². The van der Waals surface area contributed by atoms with E-state index in [9.17, 15) is 13.6 Å². The van der Waals surface area contributed by atoms with Crippen LogP contribution in [0, 0.1) is 11.6 Å². The second-order valence-electron chi connectivity index (χ2n) is 9.36. The van der Waals surface area contributed by atoms with E-state index in [2.05, 4.69) is 15.0 Å². The molecule has 0 atom stereocenters. The highest BCUT2D eigenvalue weighted by atomic mass is 35.5. The van der Waals surface area contributed by atoms with Crippen LogP contribution in [0.4, 0.5) is 8.78 Å². The zero-order valence-corrected chi connectivity index (χ0v) is 21.2.